The van der Waals surface area contributed by atoms with Gasteiger partial charge in [-0.05, 0) is 50.1 Å². The van der Waals surface area contributed by atoms with Crippen LogP contribution in [0, 0.1) is 0 Å². The van der Waals surface area contributed by atoms with Gasteiger partial charge < -0.3 is 9.84 Å². The van der Waals surface area contributed by atoms with Crippen molar-refractivity contribution in [3.05, 3.63) is 29.8 Å². The molecule has 1 N–H and O–H groups in total. The molecule has 0 heterocycles. The maximum Gasteiger partial charge on any atom is 0.305 e. The molecule has 0 aliphatic rings. The molecular formula is C16H24O3S. The number of rotatable bonds is 9. The highest BCUT2D eigenvalue weighted by Gasteiger charge is 2.03. The van der Waals surface area contributed by atoms with Crippen LogP contribution in [-0.2, 0) is 9.53 Å². The second-order valence-corrected chi connectivity index (χ2v) is 5.88. The zero-order valence-electron chi connectivity index (χ0n) is 12.3. The number of thioether (sulfide) groups is 1. The Morgan fingerprint density at radius 3 is 2.85 bits per heavy atom. The van der Waals surface area contributed by atoms with Gasteiger partial charge >= 0.3 is 5.97 Å². The zero-order valence-corrected chi connectivity index (χ0v) is 13.1. The monoisotopic (exact) mass is 296 g/mol. The van der Waals surface area contributed by atoms with Crippen LogP contribution in [0.15, 0.2) is 29.2 Å². The van der Waals surface area contributed by atoms with Crippen LogP contribution < -0.4 is 0 Å². The molecule has 1 atom stereocenters. The molecule has 4 heteroatoms. The van der Waals surface area contributed by atoms with E-state index in [4.69, 9.17) is 4.74 Å². The van der Waals surface area contributed by atoms with Crippen LogP contribution in [0.4, 0.5) is 0 Å². The number of hydrogen-bond donors (Lipinski definition) is 1. The minimum absolute atomic E-state index is 0.0928. The predicted molar refractivity (Wildman–Crippen MR) is 82.9 cm³/mol. The zero-order chi connectivity index (χ0) is 14.8. The van der Waals surface area contributed by atoms with Gasteiger partial charge in [-0.15, -0.1) is 11.8 Å². The lowest BCUT2D eigenvalue weighted by Gasteiger charge is -2.07. The number of esters is 1. The standard InChI is InChI=1S/C16H24O3S/c1-3-19-16(18)10-5-4-6-11-20-15-9-7-8-14(12-15)13(2)17/h7-9,12-13,17H,3-6,10-11H2,1-2H3. The van der Waals surface area contributed by atoms with Crippen molar-refractivity contribution in [1.82, 2.24) is 0 Å². The van der Waals surface area contributed by atoms with Gasteiger partial charge in [0.25, 0.3) is 0 Å². The van der Waals surface area contributed by atoms with Crippen molar-refractivity contribution in [2.24, 2.45) is 0 Å². The maximum absolute atomic E-state index is 11.1. The highest BCUT2D eigenvalue weighted by Crippen LogP contribution is 2.23. The SMILES string of the molecule is CCOC(=O)CCCCCSc1cccc(C(C)O)c1. The van der Waals surface area contributed by atoms with Crippen molar-refractivity contribution in [1.29, 1.82) is 0 Å². The Morgan fingerprint density at radius 1 is 1.35 bits per heavy atom. The van der Waals surface area contributed by atoms with Crippen LogP contribution in [-0.4, -0.2) is 23.4 Å². The van der Waals surface area contributed by atoms with E-state index in [0.29, 0.717) is 13.0 Å². The molecule has 0 aliphatic heterocycles. The van der Waals surface area contributed by atoms with E-state index >= 15 is 0 Å². The average molecular weight is 296 g/mol. The minimum atomic E-state index is -0.417. The number of carbonyl (C=O) groups excluding carboxylic acids is 1. The lowest BCUT2D eigenvalue weighted by molar-refractivity contribution is -0.143. The summed E-state index contributed by atoms with van der Waals surface area (Å²) >= 11 is 1.79. The molecule has 1 rings (SSSR count). The predicted octanol–water partition coefficient (Wildman–Crippen LogP) is 3.96. The molecule has 1 unspecified atom stereocenters. The summed E-state index contributed by atoms with van der Waals surface area (Å²) in [5.41, 5.74) is 0.956. The van der Waals surface area contributed by atoms with Gasteiger partial charge in [-0.25, -0.2) is 0 Å². The highest BCUT2D eigenvalue weighted by atomic mass is 32.2. The van der Waals surface area contributed by atoms with Crippen LogP contribution in [0.25, 0.3) is 0 Å². The molecular weight excluding hydrogens is 272 g/mol. The minimum Gasteiger partial charge on any atom is -0.466 e. The molecule has 1 aromatic carbocycles. The smallest absolute Gasteiger partial charge is 0.305 e. The Bertz CT molecular complexity index is 404. The summed E-state index contributed by atoms with van der Waals surface area (Å²) in [5, 5.41) is 9.53. The van der Waals surface area contributed by atoms with Gasteiger partial charge in [0.2, 0.25) is 0 Å². The first-order valence-corrected chi connectivity index (χ1v) is 8.18. The Kier molecular flexibility index (Phi) is 8.38. The molecule has 0 aliphatic carbocycles. The van der Waals surface area contributed by atoms with E-state index in [1.807, 2.05) is 25.1 Å². The Balaban J connectivity index is 2.15. The average Bonchev–Trinajstić information content (AvgIpc) is 2.43. The lowest BCUT2D eigenvalue weighted by Crippen LogP contribution is -2.03. The van der Waals surface area contributed by atoms with Gasteiger partial charge in [-0.1, -0.05) is 18.6 Å². The third-order valence-electron chi connectivity index (χ3n) is 2.94. The molecule has 0 amide bonds. The van der Waals surface area contributed by atoms with E-state index in [1.54, 1.807) is 18.7 Å². The first-order chi connectivity index (χ1) is 9.63. The first kappa shape index (κ1) is 17.1. The number of aliphatic hydroxyl groups excluding tert-OH is 1. The fourth-order valence-electron chi connectivity index (χ4n) is 1.84. The molecule has 0 radical (unpaired) electrons. The molecule has 0 aromatic heterocycles. The van der Waals surface area contributed by atoms with Gasteiger partial charge in [0.1, 0.15) is 0 Å². The van der Waals surface area contributed by atoms with Crippen LogP contribution in [0.2, 0.25) is 0 Å². The third kappa shape index (κ3) is 6.96. The van der Waals surface area contributed by atoms with Crippen molar-refractivity contribution in [2.75, 3.05) is 12.4 Å². The molecule has 0 saturated carbocycles. The molecule has 0 saturated heterocycles. The van der Waals surface area contributed by atoms with Crippen LogP contribution >= 0.6 is 11.8 Å². The van der Waals surface area contributed by atoms with Gasteiger partial charge in [0, 0.05) is 11.3 Å². The second kappa shape index (κ2) is 9.83. The summed E-state index contributed by atoms with van der Waals surface area (Å²) in [6, 6.07) is 8.02. The Morgan fingerprint density at radius 2 is 2.15 bits per heavy atom. The van der Waals surface area contributed by atoms with Crippen LogP contribution in [0.3, 0.4) is 0 Å². The van der Waals surface area contributed by atoms with E-state index in [2.05, 4.69) is 6.07 Å². The van der Waals surface area contributed by atoms with E-state index in [9.17, 15) is 9.90 Å². The summed E-state index contributed by atoms with van der Waals surface area (Å²) in [7, 11) is 0. The summed E-state index contributed by atoms with van der Waals surface area (Å²) < 4.78 is 4.89. The highest BCUT2D eigenvalue weighted by molar-refractivity contribution is 7.99. The molecule has 0 spiro atoms. The van der Waals surface area contributed by atoms with E-state index in [0.717, 1.165) is 30.6 Å². The number of aliphatic hydroxyl groups is 1. The number of benzene rings is 1. The van der Waals surface area contributed by atoms with Crippen molar-refractivity contribution >= 4 is 17.7 Å². The van der Waals surface area contributed by atoms with Crippen LogP contribution in [0.1, 0.15) is 51.2 Å². The van der Waals surface area contributed by atoms with Crippen molar-refractivity contribution in [2.45, 2.75) is 50.5 Å². The van der Waals surface area contributed by atoms with E-state index < -0.39 is 6.10 Å². The van der Waals surface area contributed by atoms with Gasteiger partial charge in [0.05, 0.1) is 12.7 Å². The third-order valence-corrected chi connectivity index (χ3v) is 4.02. The number of unbranched alkanes of at least 4 members (excludes halogenated alkanes) is 2. The van der Waals surface area contributed by atoms with Crippen molar-refractivity contribution < 1.29 is 14.6 Å². The fraction of sp³-hybridized carbons (Fsp3) is 0.562. The molecule has 1 aromatic rings. The normalized spacial score (nSPS) is 12.2. The number of ether oxygens (including phenoxy) is 1. The first-order valence-electron chi connectivity index (χ1n) is 7.20. The van der Waals surface area contributed by atoms with Crippen LogP contribution in [0.5, 0.6) is 0 Å². The molecule has 20 heavy (non-hydrogen) atoms. The molecule has 112 valence electrons. The molecule has 0 bridgehead atoms. The summed E-state index contributed by atoms with van der Waals surface area (Å²) in [6.45, 7) is 4.07. The summed E-state index contributed by atoms with van der Waals surface area (Å²) in [4.78, 5) is 12.3. The number of hydrogen-bond acceptors (Lipinski definition) is 4. The fourth-order valence-corrected chi connectivity index (χ4v) is 2.81. The van der Waals surface area contributed by atoms with Crippen molar-refractivity contribution in [3.63, 3.8) is 0 Å². The Hall–Kier alpha value is -1.00. The lowest BCUT2D eigenvalue weighted by atomic mass is 10.1. The topological polar surface area (TPSA) is 46.5 Å². The summed E-state index contributed by atoms with van der Waals surface area (Å²) in [6.07, 6.45) is 3.13. The van der Waals surface area contributed by atoms with Gasteiger partial charge in [-0.2, -0.15) is 0 Å². The molecule has 3 nitrogen and oxygen atoms in total. The van der Waals surface area contributed by atoms with E-state index in [-0.39, 0.29) is 5.97 Å². The second-order valence-electron chi connectivity index (χ2n) is 4.71. The van der Waals surface area contributed by atoms with E-state index in [1.165, 1.54) is 4.90 Å². The maximum atomic E-state index is 11.1. The largest absolute Gasteiger partial charge is 0.466 e. The van der Waals surface area contributed by atoms with Crippen molar-refractivity contribution in [3.8, 4) is 0 Å². The molecule has 0 fully saturated rings. The Labute approximate surface area is 125 Å². The number of carbonyl (C=O) groups is 1. The summed E-state index contributed by atoms with van der Waals surface area (Å²) in [5.74, 6) is 0.941. The van der Waals surface area contributed by atoms with Gasteiger partial charge in [-0.3, -0.25) is 4.79 Å². The van der Waals surface area contributed by atoms with Gasteiger partial charge in [0.15, 0.2) is 0 Å². The quantitative estimate of drug-likeness (QED) is 0.426.